The van der Waals surface area contributed by atoms with Crippen molar-refractivity contribution < 1.29 is 9.53 Å². The van der Waals surface area contributed by atoms with E-state index in [1.54, 1.807) is 0 Å². The monoisotopic (exact) mass is 270 g/mol. The van der Waals surface area contributed by atoms with Gasteiger partial charge in [-0.05, 0) is 40.0 Å². The topological polar surface area (TPSA) is 64.3 Å². The summed E-state index contributed by atoms with van der Waals surface area (Å²) in [6.45, 7) is 7.93. The van der Waals surface area contributed by atoms with Crippen LogP contribution in [0.4, 0.5) is 0 Å². The lowest BCUT2D eigenvalue weighted by atomic mass is 10.0. The fourth-order valence-corrected chi connectivity index (χ4v) is 2.32. The summed E-state index contributed by atoms with van der Waals surface area (Å²) in [6.07, 6.45) is 5.99. The van der Waals surface area contributed by atoms with Crippen LogP contribution >= 0.6 is 0 Å². The van der Waals surface area contributed by atoms with E-state index in [0.29, 0.717) is 0 Å². The molecule has 1 aliphatic rings. The van der Waals surface area contributed by atoms with E-state index in [2.05, 4.69) is 12.2 Å². The molecule has 0 aromatic heterocycles. The molecule has 1 fully saturated rings. The molecule has 3 atom stereocenters. The first-order chi connectivity index (χ1) is 8.85. The van der Waals surface area contributed by atoms with Crippen molar-refractivity contribution in [1.29, 1.82) is 0 Å². The van der Waals surface area contributed by atoms with E-state index in [1.807, 2.05) is 20.8 Å². The largest absolute Gasteiger partial charge is 0.364 e. The fraction of sp³-hybridized carbons (Fsp3) is 0.933. The first-order valence-electron chi connectivity index (χ1n) is 7.59. The number of carbonyl (C=O) groups is 1. The Hall–Kier alpha value is -0.610. The summed E-state index contributed by atoms with van der Waals surface area (Å²) < 4.78 is 5.90. The van der Waals surface area contributed by atoms with Crippen molar-refractivity contribution in [3.8, 4) is 0 Å². The van der Waals surface area contributed by atoms with Gasteiger partial charge in [0.1, 0.15) is 6.10 Å². The Morgan fingerprint density at radius 1 is 1.37 bits per heavy atom. The van der Waals surface area contributed by atoms with Crippen LogP contribution in [0.5, 0.6) is 0 Å². The van der Waals surface area contributed by atoms with E-state index < -0.39 is 6.10 Å². The highest BCUT2D eigenvalue weighted by molar-refractivity contribution is 5.81. The maximum atomic E-state index is 12.1. The maximum Gasteiger partial charge on any atom is 0.249 e. The first kappa shape index (κ1) is 16.4. The zero-order chi connectivity index (χ0) is 14.5. The van der Waals surface area contributed by atoms with Crippen molar-refractivity contribution in [1.82, 2.24) is 5.32 Å². The predicted molar refractivity (Wildman–Crippen MR) is 77.9 cm³/mol. The average molecular weight is 270 g/mol. The Morgan fingerprint density at radius 2 is 2.00 bits per heavy atom. The molecule has 4 nitrogen and oxygen atoms in total. The third kappa shape index (κ3) is 5.49. The molecule has 3 N–H and O–H groups in total. The molecule has 0 saturated heterocycles. The highest BCUT2D eigenvalue weighted by Crippen LogP contribution is 2.20. The second kappa shape index (κ2) is 7.25. The van der Waals surface area contributed by atoms with Gasteiger partial charge in [-0.25, -0.2) is 0 Å². The highest BCUT2D eigenvalue weighted by Gasteiger charge is 2.27. The number of hydrogen-bond donors (Lipinski definition) is 2. The minimum Gasteiger partial charge on any atom is -0.364 e. The molecule has 112 valence electrons. The van der Waals surface area contributed by atoms with Crippen LogP contribution in [0.25, 0.3) is 0 Å². The highest BCUT2D eigenvalue weighted by atomic mass is 16.5. The summed E-state index contributed by atoms with van der Waals surface area (Å²) in [5.41, 5.74) is 5.94. The second-order valence-electron chi connectivity index (χ2n) is 6.35. The van der Waals surface area contributed by atoms with Gasteiger partial charge in [-0.2, -0.15) is 0 Å². The molecule has 0 radical (unpaired) electrons. The smallest absolute Gasteiger partial charge is 0.249 e. The summed E-state index contributed by atoms with van der Waals surface area (Å²) in [4.78, 5) is 12.1. The van der Waals surface area contributed by atoms with Crippen molar-refractivity contribution in [3.63, 3.8) is 0 Å². The number of nitrogens with two attached hydrogens (primary N) is 1. The van der Waals surface area contributed by atoms with Gasteiger partial charge in [-0.15, -0.1) is 0 Å². The normalized spacial score (nSPS) is 26.6. The van der Waals surface area contributed by atoms with Gasteiger partial charge in [0.15, 0.2) is 0 Å². The van der Waals surface area contributed by atoms with Crippen molar-refractivity contribution >= 4 is 5.91 Å². The van der Waals surface area contributed by atoms with Crippen LogP contribution in [0.2, 0.25) is 0 Å². The van der Waals surface area contributed by atoms with Gasteiger partial charge in [0.05, 0.1) is 6.10 Å². The van der Waals surface area contributed by atoms with Gasteiger partial charge >= 0.3 is 0 Å². The number of amides is 1. The SMILES string of the molecule is CCC(C)(C)NC(=O)C(C)OC1CCCCCC1N. The van der Waals surface area contributed by atoms with Gasteiger partial charge in [0.25, 0.3) is 0 Å². The molecule has 4 heteroatoms. The van der Waals surface area contributed by atoms with Crippen LogP contribution in [0, 0.1) is 0 Å². The van der Waals surface area contributed by atoms with Crippen LogP contribution in [-0.4, -0.2) is 29.7 Å². The fourth-order valence-electron chi connectivity index (χ4n) is 2.32. The van der Waals surface area contributed by atoms with E-state index in [-0.39, 0.29) is 23.6 Å². The Bertz CT molecular complexity index is 292. The zero-order valence-corrected chi connectivity index (χ0v) is 12.9. The number of hydrogen-bond acceptors (Lipinski definition) is 3. The molecular weight excluding hydrogens is 240 g/mol. The Kier molecular flexibility index (Phi) is 6.27. The minimum atomic E-state index is -0.431. The summed E-state index contributed by atoms with van der Waals surface area (Å²) in [6, 6.07) is 0.0666. The van der Waals surface area contributed by atoms with E-state index in [1.165, 1.54) is 12.8 Å². The summed E-state index contributed by atoms with van der Waals surface area (Å²) >= 11 is 0. The Labute approximate surface area is 117 Å². The molecule has 0 bridgehead atoms. The Balaban J connectivity index is 2.48. The van der Waals surface area contributed by atoms with Gasteiger partial charge < -0.3 is 15.8 Å². The summed E-state index contributed by atoms with van der Waals surface area (Å²) in [5.74, 6) is -0.0386. The number of carbonyl (C=O) groups excluding carboxylic acids is 1. The summed E-state index contributed by atoms with van der Waals surface area (Å²) in [7, 11) is 0. The second-order valence-corrected chi connectivity index (χ2v) is 6.35. The van der Waals surface area contributed by atoms with Crippen LogP contribution in [-0.2, 0) is 9.53 Å². The minimum absolute atomic E-state index is 0.0213. The van der Waals surface area contributed by atoms with E-state index in [9.17, 15) is 4.79 Å². The lowest BCUT2D eigenvalue weighted by Crippen LogP contribution is -2.49. The van der Waals surface area contributed by atoms with E-state index >= 15 is 0 Å². The molecule has 3 unspecified atom stereocenters. The number of ether oxygens (including phenoxy) is 1. The van der Waals surface area contributed by atoms with Crippen LogP contribution in [0.15, 0.2) is 0 Å². The average Bonchev–Trinajstić information content (AvgIpc) is 2.54. The molecule has 1 aliphatic carbocycles. The molecule has 0 heterocycles. The first-order valence-corrected chi connectivity index (χ1v) is 7.59. The number of rotatable bonds is 5. The molecule has 0 aromatic carbocycles. The summed E-state index contributed by atoms with van der Waals surface area (Å²) in [5, 5.41) is 3.02. The van der Waals surface area contributed by atoms with Crippen LogP contribution in [0.1, 0.15) is 66.2 Å². The predicted octanol–water partition coefficient (Wildman–Crippen LogP) is 2.36. The third-order valence-corrected chi connectivity index (χ3v) is 4.10. The molecule has 0 spiro atoms. The van der Waals surface area contributed by atoms with Crippen molar-refractivity contribution in [2.24, 2.45) is 5.73 Å². The van der Waals surface area contributed by atoms with Crippen molar-refractivity contribution in [2.75, 3.05) is 0 Å². The zero-order valence-electron chi connectivity index (χ0n) is 12.9. The number of nitrogens with one attached hydrogen (secondary N) is 1. The molecule has 1 amide bonds. The van der Waals surface area contributed by atoms with Crippen molar-refractivity contribution in [3.05, 3.63) is 0 Å². The van der Waals surface area contributed by atoms with Gasteiger partial charge in [0.2, 0.25) is 5.91 Å². The molecule has 19 heavy (non-hydrogen) atoms. The van der Waals surface area contributed by atoms with Crippen molar-refractivity contribution in [2.45, 2.75) is 90.0 Å². The van der Waals surface area contributed by atoms with E-state index in [4.69, 9.17) is 10.5 Å². The van der Waals surface area contributed by atoms with Crippen LogP contribution < -0.4 is 11.1 Å². The molecular formula is C15H30N2O2. The van der Waals surface area contributed by atoms with Gasteiger partial charge in [-0.1, -0.05) is 26.2 Å². The lowest BCUT2D eigenvalue weighted by Gasteiger charge is -2.29. The molecule has 1 rings (SSSR count). The lowest BCUT2D eigenvalue weighted by molar-refractivity contribution is -0.138. The third-order valence-electron chi connectivity index (χ3n) is 4.10. The van der Waals surface area contributed by atoms with E-state index in [0.717, 1.165) is 25.7 Å². The maximum absolute atomic E-state index is 12.1. The van der Waals surface area contributed by atoms with Gasteiger partial charge in [0, 0.05) is 11.6 Å². The van der Waals surface area contributed by atoms with Gasteiger partial charge in [-0.3, -0.25) is 4.79 Å². The quantitative estimate of drug-likeness (QED) is 0.754. The molecule has 0 aliphatic heterocycles. The molecule has 0 aromatic rings. The molecule has 1 saturated carbocycles. The Morgan fingerprint density at radius 3 is 2.63 bits per heavy atom. The van der Waals surface area contributed by atoms with Crippen LogP contribution in [0.3, 0.4) is 0 Å². The standard InChI is InChI=1S/C15H30N2O2/c1-5-15(3,4)17-14(18)11(2)19-13-10-8-6-7-9-12(13)16/h11-13H,5-10,16H2,1-4H3,(H,17,18).